The Labute approximate surface area is 65.2 Å². The van der Waals surface area contributed by atoms with E-state index in [4.69, 9.17) is 10.5 Å². The van der Waals surface area contributed by atoms with Gasteiger partial charge in [0.1, 0.15) is 5.75 Å². The van der Waals surface area contributed by atoms with E-state index in [0.29, 0.717) is 0 Å². The lowest BCUT2D eigenvalue weighted by molar-refractivity contribution is 0.262. The van der Waals surface area contributed by atoms with E-state index in [-0.39, 0.29) is 6.35 Å². The van der Waals surface area contributed by atoms with E-state index in [0.717, 1.165) is 11.4 Å². The number of nitrogens with one attached hydrogen (secondary N) is 1. The fourth-order valence-corrected chi connectivity index (χ4v) is 1.17. The lowest BCUT2D eigenvalue weighted by atomic mass is 10.2. The van der Waals surface area contributed by atoms with Gasteiger partial charge in [-0.25, -0.2) is 0 Å². The standard InChI is InChI=1S/C8H10N2O/c1-5-2-3-6-7(4-5)11-8(9)10-6/h2-4,8,10H,9H2,1H3. The molecular formula is C8H10N2O. The van der Waals surface area contributed by atoms with Crippen LogP contribution in [0.3, 0.4) is 0 Å². The quantitative estimate of drug-likeness (QED) is 0.581. The highest BCUT2D eigenvalue weighted by Gasteiger charge is 2.16. The maximum Gasteiger partial charge on any atom is 0.225 e. The third-order valence-electron chi connectivity index (χ3n) is 1.69. The Balaban J connectivity index is 2.43. The zero-order chi connectivity index (χ0) is 7.84. The average molecular weight is 150 g/mol. The average Bonchev–Trinajstić information content (AvgIpc) is 2.27. The van der Waals surface area contributed by atoms with E-state index in [1.165, 1.54) is 5.56 Å². The van der Waals surface area contributed by atoms with Crippen LogP contribution in [-0.2, 0) is 0 Å². The van der Waals surface area contributed by atoms with Crippen LogP contribution in [0.2, 0.25) is 0 Å². The summed E-state index contributed by atoms with van der Waals surface area (Å²) in [4.78, 5) is 0. The number of nitrogens with two attached hydrogens (primary N) is 1. The number of rotatable bonds is 0. The predicted molar refractivity (Wildman–Crippen MR) is 43.4 cm³/mol. The van der Waals surface area contributed by atoms with E-state index in [1.807, 2.05) is 25.1 Å². The summed E-state index contributed by atoms with van der Waals surface area (Å²) in [6.07, 6.45) is -0.383. The summed E-state index contributed by atoms with van der Waals surface area (Å²) in [6.45, 7) is 2.02. The molecule has 0 saturated heterocycles. The molecule has 3 nitrogen and oxygen atoms in total. The summed E-state index contributed by atoms with van der Waals surface area (Å²) < 4.78 is 5.25. The molecule has 1 unspecified atom stereocenters. The molecule has 0 aromatic heterocycles. The van der Waals surface area contributed by atoms with E-state index in [2.05, 4.69) is 5.32 Å². The van der Waals surface area contributed by atoms with Crippen molar-refractivity contribution in [2.45, 2.75) is 13.3 Å². The van der Waals surface area contributed by atoms with Gasteiger partial charge in [-0.1, -0.05) is 6.07 Å². The van der Waals surface area contributed by atoms with E-state index >= 15 is 0 Å². The highest BCUT2D eigenvalue weighted by molar-refractivity contribution is 5.60. The zero-order valence-electron chi connectivity index (χ0n) is 6.29. The van der Waals surface area contributed by atoms with Crippen molar-refractivity contribution in [2.24, 2.45) is 5.73 Å². The van der Waals surface area contributed by atoms with Crippen LogP contribution in [0.25, 0.3) is 0 Å². The monoisotopic (exact) mass is 150 g/mol. The SMILES string of the molecule is Cc1ccc2c(c1)OC(N)N2. The first kappa shape index (κ1) is 6.49. The highest BCUT2D eigenvalue weighted by Crippen LogP contribution is 2.30. The van der Waals surface area contributed by atoms with Gasteiger partial charge < -0.3 is 10.1 Å². The molecule has 0 aliphatic carbocycles. The Morgan fingerprint density at radius 2 is 2.36 bits per heavy atom. The van der Waals surface area contributed by atoms with Crippen molar-refractivity contribution in [1.82, 2.24) is 0 Å². The molecular weight excluding hydrogens is 140 g/mol. The first-order chi connectivity index (χ1) is 5.25. The maximum absolute atomic E-state index is 5.50. The van der Waals surface area contributed by atoms with Crippen LogP contribution < -0.4 is 15.8 Å². The van der Waals surface area contributed by atoms with Crippen LogP contribution in [0, 0.1) is 6.92 Å². The number of fused-ring (bicyclic) bond motifs is 1. The summed E-state index contributed by atoms with van der Waals surface area (Å²) in [5.74, 6) is 0.845. The highest BCUT2D eigenvalue weighted by atomic mass is 16.5. The third kappa shape index (κ3) is 1.03. The van der Waals surface area contributed by atoms with E-state index < -0.39 is 0 Å². The van der Waals surface area contributed by atoms with Gasteiger partial charge in [0, 0.05) is 0 Å². The van der Waals surface area contributed by atoms with Crippen LogP contribution in [0.5, 0.6) is 5.75 Å². The summed E-state index contributed by atoms with van der Waals surface area (Å²) in [7, 11) is 0. The Bertz CT molecular complexity index is 285. The number of hydrogen-bond acceptors (Lipinski definition) is 3. The van der Waals surface area contributed by atoms with E-state index in [9.17, 15) is 0 Å². The molecule has 1 atom stereocenters. The van der Waals surface area contributed by atoms with Gasteiger partial charge in [0.2, 0.25) is 6.35 Å². The second-order valence-corrected chi connectivity index (χ2v) is 2.68. The first-order valence-electron chi connectivity index (χ1n) is 3.55. The van der Waals surface area contributed by atoms with Gasteiger partial charge in [-0.3, -0.25) is 5.73 Å². The van der Waals surface area contributed by atoms with Crippen molar-refractivity contribution in [3.8, 4) is 5.75 Å². The van der Waals surface area contributed by atoms with Crippen LogP contribution in [0.4, 0.5) is 5.69 Å². The van der Waals surface area contributed by atoms with Gasteiger partial charge in [-0.05, 0) is 24.6 Å². The summed E-state index contributed by atoms with van der Waals surface area (Å²) in [5, 5.41) is 2.98. The zero-order valence-corrected chi connectivity index (χ0v) is 6.29. The van der Waals surface area contributed by atoms with Crippen molar-refractivity contribution < 1.29 is 4.74 Å². The molecule has 0 bridgehead atoms. The van der Waals surface area contributed by atoms with Gasteiger partial charge >= 0.3 is 0 Å². The molecule has 58 valence electrons. The molecule has 0 fully saturated rings. The Hall–Kier alpha value is -1.22. The Morgan fingerprint density at radius 3 is 3.18 bits per heavy atom. The largest absolute Gasteiger partial charge is 0.456 e. The molecule has 0 saturated carbocycles. The molecule has 1 aliphatic rings. The molecule has 11 heavy (non-hydrogen) atoms. The van der Waals surface area contributed by atoms with Gasteiger partial charge in [0.15, 0.2) is 0 Å². The van der Waals surface area contributed by atoms with Crippen molar-refractivity contribution in [3.05, 3.63) is 23.8 Å². The number of ether oxygens (including phenoxy) is 1. The second kappa shape index (κ2) is 2.13. The molecule has 0 amide bonds. The summed E-state index contributed by atoms with van der Waals surface area (Å²) >= 11 is 0. The van der Waals surface area contributed by atoms with Crippen molar-refractivity contribution >= 4 is 5.69 Å². The fraction of sp³-hybridized carbons (Fsp3) is 0.250. The second-order valence-electron chi connectivity index (χ2n) is 2.68. The number of aryl methyl sites for hydroxylation is 1. The normalized spacial score (nSPS) is 20.4. The minimum atomic E-state index is -0.383. The smallest absolute Gasteiger partial charge is 0.225 e. The molecule has 1 aromatic rings. The van der Waals surface area contributed by atoms with Crippen LogP contribution in [0.1, 0.15) is 5.56 Å². The molecule has 3 heteroatoms. The fourth-order valence-electron chi connectivity index (χ4n) is 1.17. The van der Waals surface area contributed by atoms with Gasteiger partial charge in [0.05, 0.1) is 5.69 Å². The molecule has 3 N–H and O–H groups in total. The predicted octanol–water partition coefficient (Wildman–Crippen LogP) is 1.04. The number of anilines is 1. The van der Waals surface area contributed by atoms with Crippen molar-refractivity contribution in [1.29, 1.82) is 0 Å². The minimum Gasteiger partial charge on any atom is -0.456 e. The minimum absolute atomic E-state index is 0.383. The van der Waals surface area contributed by atoms with Crippen LogP contribution in [-0.4, -0.2) is 6.35 Å². The van der Waals surface area contributed by atoms with Crippen LogP contribution in [0.15, 0.2) is 18.2 Å². The lowest BCUT2D eigenvalue weighted by Gasteiger charge is -2.01. The van der Waals surface area contributed by atoms with Gasteiger partial charge in [-0.2, -0.15) is 0 Å². The lowest BCUT2D eigenvalue weighted by Crippen LogP contribution is -2.30. The molecule has 0 spiro atoms. The number of benzene rings is 1. The third-order valence-corrected chi connectivity index (χ3v) is 1.69. The first-order valence-corrected chi connectivity index (χ1v) is 3.55. The topological polar surface area (TPSA) is 47.3 Å². The number of hydrogen-bond donors (Lipinski definition) is 2. The summed E-state index contributed by atoms with van der Waals surface area (Å²) in [6, 6.07) is 5.96. The van der Waals surface area contributed by atoms with Crippen molar-refractivity contribution in [3.63, 3.8) is 0 Å². The molecule has 1 aliphatic heterocycles. The van der Waals surface area contributed by atoms with Crippen molar-refractivity contribution in [2.75, 3.05) is 5.32 Å². The van der Waals surface area contributed by atoms with Gasteiger partial charge in [-0.15, -0.1) is 0 Å². The summed E-state index contributed by atoms with van der Waals surface area (Å²) in [5.41, 5.74) is 7.66. The van der Waals surface area contributed by atoms with Gasteiger partial charge in [0.25, 0.3) is 0 Å². The van der Waals surface area contributed by atoms with E-state index in [1.54, 1.807) is 0 Å². The Morgan fingerprint density at radius 1 is 1.55 bits per heavy atom. The molecule has 0 radical (unpaired) electrons. The molecule has 1 aromatic carbocycles. The van der Waals surface area contributed by atoms with Crippen LogP contribution >= 0.6 is 0 Å². The molecule has 1 heterocycles. The Kier molecular flexibility index (Phi) is 1.26. The molecule has 2 rings (SSSR count). The maximum atomic E-state index is 5.50.